The van der Waals surface area contributed by atoms with Crippen molar-refractivity contribution in [2.24, 2.45) is 52.3 Å². The number of fused-ring (bicyclic) bond motifs is 7. The quantitative estimate of drug-likeness (QED) is 0.461. The number of alkyl halides is 1. The van der Waals surface area contributed by atoms with E-state index >= 15 is 0 Å². The maximum absolute atomic E-state index is 14.1. The summed E-state index contributed by atoms with van der Waals surface area (Å²) < 4.78 is 13.2. The Morgan fingerprint density at radius 3 is 2.52 bits per heavy atom. The normalized spacial score (nSPS) is 62.5. The van der Waals surface area contributed by atoms with E-state index in [9.17, 15) is 15.0 Å². The van der Waals surface area contributed by atoms with Gasteiger partial charge in [-0.3, -0.25) is 4.79 Å². The van der Waals surface area contributed by atoms with E-state index in [0.29, 0.717) is 24.4 Å². The fraction of sp³-hybridized carbons (Fsp3) is 0.963. The average molecular weight is 526 g/mol. The molecule has 6 heteroatoms. The van der Waals surface area contributed by atoms with E-state index in [-0.39, 0.29) is 51.9 Å². The van der Waals surface area contributed by atoms with Gasteiger partial charge in [-0.25, -0.2) is 0 Å². The number of aliphatic hydroxyl groups excluding tert-OH is 2. The second kappa shape index (κ2) is 7.50. The Labute approximate surface area is 206 Å². The first-order valence-corrected chi connectivity index (χ1v) is 14.3. The molecule has 8 unspecified atom stereocenters. The molecule has 6 aliphatic rings. The van der Waals surface area contributed by atoms with Crippen molar-refractivity contribution < 1.29 is 24.5 Å². The maximum Gasteiger partial charge on any atom is 0.184 e. The fourth-order valence-corrected chi connectivity index (χ4v) is 11.4. The van der Waals surface area contributed by atoms with Gasteiger partial charge in [-0.1, -0.05) is 43.6 Å². The van der Waals surface area contributed by atoms with Crippen molar-refractivity contribution in [2.75, 3.05) is 6.61 Å². The lowest BCUT2D eigenvalue weighted by Crippen LogP contribution is -2.64. The first-order valence-electron chi connectivity index (χ1n) is 13.4. The molecule has 0 aromatic heterocycles. The molecule has 0 aromatic rings. The van der Waals surface area contributed by atoms with Crippen LogP contribution in [0.25, 0.3) is 0 Å². The minimum Gasteiger partial charge on any atom is -0.393 e. The van der Waals surface area contributed by atoms with Gasteiger partial charge in [0.1, 0.15) is 6.10 Å². The number of carbonyl (C=O) groups is 1. The van der Waals surface area contributed by atoms with Crippen LogP contribution in [0.15, 0.2) is 0 Å². The van der Waals surface area contributed by atoms with Crippen LogP contribution in [0.2, 0.25) is 0 Å². The average Bonchev–Trinajstić information content (AvgIpc) is 3.22. The molecule has 2 N–H and O–H groups in total. The molecule has 6 rings (SSSR count). The van der Waals surface area contributed by atoms with E-state index in [1.807, 2.05) is 0 Å². The Morgan fingerprint density at radius 2 is 1.79 bits per heavy atom. The second-order valence-electron chi connectivity index (χ2n) is 13.1. The number of hydrogen-bond acceptors (Lipinski definition) is 5. The van der Waals surface area contributed by atoms with Gasteiger partial charge in [0.15, 0.2) is 11.6 Å². The van der Waals surface area contributed by atoms with Crippen LogP contribution in [0.3, 0.4) is 0 Å². The standard InChI is InChI=1S/C27H41BrO5/c1-13-9-20(28)27(32-12-13)14(2)21-19(33-27)11-18-17-6-5-15-10-16(29)7-8-25(15,3)22(17)23(30)24(31)26(18,21)4/h13-23,29-30H,5-12H2,1-4H3/t13?,14-,15-,16-,17?,18?,19-,20?,21?,22?,23?,25+,26-,27?/m0/s1. The largest absolute Gasteiger partial charge is 0.393 e. The lowest BCUT2D eigenvalue weighted by Gasteiger charge is -2.61. The van der Waals surface area contributed by atoms with Crippen LogP contribution >= 0.6 is 15.9 Å². The summed E-state index contributed by atoms with van der Waals surface area (Å²) in [6.45, 7) is 9.57. The molecule has 2 saturated heterocycles. The lowest BCUT2D eigenvalue weighted by atomic mass is 9.43. The number of carbonyl (C=O) groups excluding carboxylic acids is 1. The number of aliphatic hydroxyl groups is 2. The Hall–Kier alpha value is -0.0100. The molecule has 0 aromatic carbocycles. The van der Waals surface area contributed by atoms with Crippen molar-refractivity contribution in [2.45, 2.75) is 102 Å². The van der Waals surface area contributed by atoms with Crippen molar-refractivity contribution in [3.63, 3.8) is 0 Å². The van der Waals surface area contributed by atoms with Crippen molar-refractivity contribution in [1.29, 1.82) is 0 Å². The maximum atomic E-state index is 14.1. The smallest absolute Gasteiger partial charge is 0.184 e. The Kier molecular flexibility index (Phi) is 5.32. The molecule has 5 nitrogen and oxygen atoms in total. The van der Waals surface area contributed by atoms with Crippen molar-refractivity contribution in [3.05, 3.63) is 0 Å². The van der Waals surface area contributed by atoms with Crippen LogP contribution < -0.4 is 0 Å². The zero-order valence-corrected chi connectivity index (χ0v) is 22.1. The van der Waals surface area contributed by atoms with Crippen LogP contribution in [0.4, 0.5) is 0 Å². The number of rotatable bonds is 0. The highest BCUT2D eigenvalue weighted by molar-refractivity contribution is 9.09. The number of ether oxygens (including phenoxy) is 2. The van der Waals surface area contributed by atoms with Crippen LogP contribution in [0.1, 0.15) is 72.6 Å². The zero-order chi connectivity index (χ0) is 23.5. The Morgan fingerprint density at radius 1 is 1.03 bits per heavy atom. The lowest BCUT2D eigenvalue weighted by molar-refractivity contribution is -0.267. The predicted octanol–water partition coefficient (Wildman–Crippen LogP) is 4.32. The van der Waals surface area contributed by atoms with Gasteiger partial charge < -0.3 is 19.7 Å². The fourth-order valence-electron chi connectivity index (χ4n) is 10.1. The SMILES string of the molecule is CC1COC2(O[C@H]3CC4C5CC[C@H]6C[C@@H](O)CC[C@@]6(C)C5C(O)C(=O)[C@]4(C)C3[C@@H]2C)C(Br)C1. The summed E-state index contributed by atoms with van der Waals surface area (Å²) in [4.78, 5) is 14.3. The summed E-state index contributed by atoms with van der Waals surface area (Å²) in [6.07, 6.45) is 5.45. The molecule has 186 valence electrons. The van der Waals surface area contributed by atoms with Crippen LogP contribution in [-0.2, 0) is 14.3 Å². The summed E-state index contributed by atoms with van der Waals surface area (Å²) >= 11 is 3.89. The second-order valence-corrected chi connectivity index (χ2v) is 14.2. The molecule has 33 heavy (non-hydrogen) atoms. The van der Waals surface area contributed by atoms with Crippen molar-refractivity contribution >= 4 is 21.7 Å². The predicted molar refractivity (Wildman–Crippen MR) is 128 cm³/mol. The minimum atomic E-state index is -0.908. The third-order valence-electron chi connectivity index (χ3n) is 11.7. The van der Waals surface area contributed by atoms with Gasteiger partial charge in [-0.2, -0.15) is 0 Å². The molecule has 1 spiro atoms. The molecule has 6 fully saturated rings. The molecule has 4 aliphatic carbocycles. The molecular formula is C27H41BrO5. The minimum absolute atomic E-state index is 0.00752. The van der Waals surface area contributed by atoms with Crippen LogP contribution in [0.5, 0.6) is 0 Å². The van der Waals surface area contributed by atoms with E-state index in [1.165, 1.54) is 0 Å². The Balaban J connectivity index is 1.34. The van der Waals surface area contributed by atoms with Gasteiger partial charge in [0.2, 0.25) is 0 Å². The molecule has 2 heterocycles. The number of Topliss-reactive ketones (excluding diaryl/α,β-unsaturated/α-hetero) is 1. The molecule has 2 aliphatic heterocycles. The van der Waals surface area contributed by atoms with Gasteiger partial charge in [0.25, 0.3) is 0 Å². The zero-order valence-electron chi connectivity index (χ0n) is 20.5. The van der Waals surface area contributed by atoms with Gasteiger partial charge in [-0.05, 0) is 74.0 Å². The first kappa shape index (κ1) is 23.4. The molecule has 0 radical (unpaired) electrons. The van der Waals surface area contributed by atoms with Crippen molar-refractivity contribution in [3.8, 4) is 0 Å². The molecule has 0 bridgehead atoms. The third-order valence-corrected chi connectivity index (χ3v) is 12.7. The molecule has 0 amide bonds. The summed E-state index contributed by atoms with van der Waals surface area (Å²) in [5.74, 6) is 1.07. The van der Waals surface area contributed by atoms with E-state index < -0.39 is 17.3 Å². The van der Waals surface area contributed by atoms with Gasteiger partial charge in [0.05, 0.1) is 23.6 Å². The monoisotopic (exact) mass is 524 g/mol. The summed E-state index contributed by atoms with van der Waals surface area (Å²) in [7, 11) is 0. The van der Waals surface area contributed by atoms with Gasteiger partial charge in [-0.15, -0.1) is 0 Å². The topological polar surface area (TPSA) is 76.0 Å². The summed E-state index contributed by atoms with van der Waals surface area (Å²) in [5, 5.41) is 22.0. The summed E-state index contributed by atoms with van der Waals surface area (Å²) in [6, 6.07) is 0. The van der Waals surface area contributed by atoms with Crippen molar-refractivity contribution in [1.82, 2.24) is 0 Å². The number of halogens is 1. The molecular weight excluding hydrogens is 484 g/mol. The van der Waals surface area contributed by atoms with Gasteiger partial charge in [0, 0.05) is 23.2 Å². The van der Waals surface area contributed by atoms with E-state index in [1.54, 1.807) is 0 Å². The molecule has 4 saturated carbocycles. The van der Waals surface area contributed by atoms with Crippen LogP contribution in [-0.4, -0.2) is 51.5 Å². The number of hydrogen-bond donors (Lipinski definition) is 2. The van der Waals surface area contributed by atoms with E-state index in [4.69, 9.17) is 9.47 Å². The highest BCUT2D eigenvalue weighted by atomic mass is 79.9. The van der Waals surface area contributed by atoms with E-state index in [2.05, 4.69) is 43.6 Å². The molecule has 14 atom stereocenters. The third kappa shape index (κ3) is 2.88. The first-order chi connectivity index (χ1) is 15.5. The van der Waals surface area contributed by atoms with E-state index in [0.717, 1.165) is 44.9 Å². The van der Waals surface area contributed by atoms with Crippen LogP contribution in [0, 0.1) is 52.3 Å². The van der Waals surface area contributed by atoms with Gasteiger partial charge >= 0.3 is 0 Å². The highest BCUT2D eigenvalue weighted by Crippen LogP contribution is 2.70. The summed E-state index contributed by atoms with van der Waals surface area (Å²) in [5.41, 5.74) is -0.627. The highest BCUT2D eigenvalue weighted by Gasteiger charge is 2.74. The number of ketones is 1. The Bertz CT molecular complexity index is 835.